The molecule has 0 bridgehead atoms. The molecule has 0 radical (unpaired) electrons. The molecule has 0 spiro atoms. The molecule has 8 aromatic carbocycles. The molecule has 9 aromatic rings. The van der Waals surface area contributed by atoms with Gasteiger partial charge in [-0.3, -0.25) is 0 Å². The molecule has 0 unspecified atom stereocenters. The highest BCUT2D eigenvalue weighted by atomic mass is 32.1. The minimum Gasteiger partial charge on any atom is -0.311 e. The Morgan fingerprint density at radius 1 is 0.353 bits per heavy atom. The number of thiophene rings is 1. The third-order valence-corrected chi connectivity index (χ3v) is 11.6. The van der Waals surface area contributed by atoms with Crippen LogP contribution in [0.5, 0.6) is 0 Å². The van der Waals surface area contributed by atoms with E-state index in [0.29, 0.717) is 0 Å². The van der Waals surface area contributed by atoms with Crippen molar-refractivity contribution in [3.8, 4) is 44.5 Å². The SMILES string of the molecule is c1ccc(-c2ccc(N(c3ccc(-c4cccc5c4Cc4ccccc4-5)cc3)c3ccc(-c4cccc5c4sc4ccccc45)cc3)cc2)cc1. The number of rotatable bonds is 6. The zero-order valence-electron chi connectivity index (χ0n) is 28.0. The quantitative estimate of drug-likeness (QED) is 0.171. The summed E-state index contributed by atoms with van der Waals surface area (Å²) in [4.78, 5) is 2.37. The molecule has 0 aliphatic heterocycles. The summed E-state index contributed by atoms with van der Waals surface area (Å²) in [6.07, 6.45) is 0.977. The fraction of sp³-hybridized carbons (Fsp3) is 0.0204. The zero-order chi connectivity index (χ0) is 33.7. The van der Waals surface area contributed by atoms with Crippen molar-refractivity contribution < 1.29 is 0 Å². The average Bonchev–Trinajstić information content (AvgIpc) is 3.78. The number of anilines is 3. The third kappa shape index (κ3) is 5.15. The predicted molar refractivity (Wildman–Crippen MR) is 219 cm³/mol. The summed E-state index contributed by atoms with van der Waals surface area (Å²) in [5.74, 6) is 0. The monoisotopic (exact) mass is 667 g/mol. The first-order chi connectivity index (χ1) is 25.3. The molecule has 0 N–H and O–H groups in total. The Balaban J connectivity index is 1.04. The number of benzene rings is 8. The van der Waals surface area contributed by atoms with Crippen LogP contribution >= 0.6 is 11.3 Å². The minimum atomic E-state index is 0.977. The van der Waals surface area contributed by atoms with E-state index in [1.165, 1.54) is 75.8 Å². The predicted octanol–water partition coefficient (Wildman–Crippen LogP) is 14.1. The van der Waals surface area contributed by atoms with Gasteiger partial charge in [-0.05, 0) is 105 Å². The summed E-state index contributed by atoms with van der Waals surface area (Å²) < 4.78 is 2.67. The highest BCUT2D eigenvalue weighted by Crippen LogP contribution is 2.44. The molecule has 1 heterocycles. The van der Waals surface area contributed by atoms with Gasteiger partial charge in [0.2, 0.25) is 0 Å². The first kappa shape index (κ1) is 29.7. The van der Waals surface area contributed by atoms with E-state index in [1.54, 1.807) is 0 Å². The van der Waals surface area contributed by atoms with Gasteiger partial charge in [0.15, 0.2) is 0 Å². The Bertz CT molecular complexity index is 2690. The Kier molecular flexibility index (Phi) is 7.14. The molecule has 0 amide bonds. The van der Waals surface area contributed by atoms with Crippen molar-refractivity contribution >= 4 is 48.6 Å². The fourth-order valence-electron chi connectivity index (χ4n) is 7.86. The van der Waals surface area contributed by atoms with Gasteiger partial charge in [-0.1, -0.05) is 146 Å². The lowest BCUT2D eigenvalue weighted by Crippen LogP contribution is -2.09. The van der Waals surface area contributed by atoms with E-state index in [9.17, 15) is 0 Å². The normalized spacial score (nSPS) is 11.8. The molecule has 240 valence electrons. The molecule has 51 heavy (non-hydrogen) atoms. The van der Waals surface area contributed by atoms with Crippen LogP contribution in [0.2, 0.25) is 0 Å². The summed E-state index contributed by atoms with van der Waals surface area (Å²) in [5.41, 5.74) is 16.4. The Morgan fingerprint density at radius 3 is 1.61 bits per heavy atom. The Hall–Kier alpha value is -6.22. The van der Waals surface area contributed by atoms with Crippen molar-refractivity contribution in [2.45, 2.75) is 6.42 Å². The van der Waals surface area contributed by atoms with Gasteiger partial charge in [0.1, 0.15) is 0 Å². The van der Waals surface area contributed by atoms with Gasteiger partial charge in [-0.15, -0.1) is 11.3 Å². The lowest BCUT2D eigenvalue weighted by molar-refractivity contribution is 1.26. The highest BCUT2D eigenvalue weighted by molar-refractivity contribution is 7.26. The van der Waals surface area contributed by atoms with E-state index in [2.05, 4.69) is 193 Å². The second-order valence-electron chi connectivity index (χ2n) is 13.3. The van der Waals surface area contributed by atoms with E-state index in [4.69, 9.17) is 0 Å². The van der Waals surface area contributed by atoms with Crippen molar-refractivity contribution in [2.75, 3.05) is 4.90 Å². The van der Waals surface area contributed by atoms with Gasteiger partial charge in [0.25, 0.3) is 0 Å². The summed E-state index contributed by atoms with van der Waals surface area (Å²) in [5, 5.41) is 2.65. The maximum absolute atomic E-state index is 2.37. The van der Waals surface area contributed by atoms with E-state index in [1.807, 2.05) is 11.3 Å². The topological polar surface area (TPSA) is 3.24 Å². The maximum atomic E-state index is 2.37. The average molecular weight is 668 g/mol. The van der Waals surface area contributed by atoms with Gasteiger partial charge in [0.05, 0.1) is 0 Å². The lowest BCUT2D eigenvalue weighted by atomic mass is 9.95. The molecule has 0 fully saturated rings. The highest BCUT2D eigenvalue weighted by Gasteiger charge is 2.21. The largest absolute Gasteiger partial charge is 0.311 e. The van der Waals surface area contributed by atoms with E-state index < -0.39 is 0 Å². The lowest BCUT2D eigenvalue weighted by Gasteiger charge is -2.26. The van der Waals surface area contributed by atoms with Crippen LogP contribution in [-0.4, -0.2) is 0 Å². The van der Waals surface area contributed by atoms with Crippen molar-refractivity contribution in [3.05, 3.63) is 199 Å². The van der Waals surface area contributed by atoms with Gasteiger partial charge >= 0.3 is 0 Å². The van der Waals surface area contributed by atoms with Crippen LogP contribution in [0, 0.1) is 0 Å². The minimum absolute atomic E-state index is 0.977. The van der Waals surface area contributed by atoms with Crippen molar-refractivity contribution in [3.63, 3.8) is 0 Å². The molecule has 0 atom stereocenters. The second-order valence-corrected chi connectivity index (χ2v) is 14.3. The van der Waals surface area contributed by atoms with Crippen LogP contribution in [-0.2, 0) is 6.42 Å². The molecule has 1 aliphatic rings. The van der Waals surface area contributed by atoms with Gasteiger partial charge in [-0.25, -0.2) is 0 Å². The van der Waals surface area contributed by atoms with Crippen LogP contribution in [0.25, 0.3) is 64.7 Å². The van der Waals surface area contributed by atoms with E-state index in [0.717, 1.165) is 23.5 Å². The van der Waals surface area contributed by atoms with Crippen LogP contribution in [0.3, 0.4) is 0 Å². The number of nitrogens with zero attached hydrogens (tertiary/aromatic N) is 1. The Morgan fingerprint density at radius 2 is 0.863 bits per heavy atom. The number of fused-ring (bicyclic) bond motifs is 6. The molecule has 1 aliphatic carbocycles. The van der Waals surface area contributed by atoms with Crippen LogP contribution in [0.15, 0.2) is 188 Å². The third-order valence-electron chi connectivity index (χ3n) is 10.4. The van der Waals surface area contributed by atoms with Crippen LogP contribution in [0.4, 0.5) is 17.1 Å². The summed E-state index contributed by atoms with van der Waals surface area (Å²) in [6, 6.07) is 68.7. The molecular weight excluding hydrogens is 635 g/mol. The van der Waals surface area contributed by atoms with Crippen LogP contribution in [0.1, 0.15) is 11.1 Å². The van der Waals surface area contributed by atoms with Crippen molar-refractivity contribution in [2.24, 2.45) is 0 Å². The zero-order valence-corrected chi connectivity index (χ0v) is 28.8. The summed E-state index contributed by atoms with van der Waals surface area (Å²) >= 11 is 1.88. The van der Waals surface area contributed by atoms with E-state index >= 15 is 0 Å². The van der Waals surface area contributed by atoms with Crippen LogP contribution < -0.4 is 4.90 Å². The first-order valence-corrected chi connectivity index (χ1v) is 18.4. The van der Waals surface area contributed by atoms with Crippen molar-refractivity contribution in [1.82, 2.24) is 0 Å². The number of hydrogen-bond acceptors (Lipinski definition) is 2. The van der Waals surface area contributed by atoms with Gasteiger partial charge in [-0.2, -0.15) is 0 Å². The number of hydrogen-bond donors (Lipinski definition) is 0. The molecule has 10 rings (SSSR count). The first-order valence-electron chi connectivity index (χ1n) is 17.6. The molecule has 0 saturated carbocycles. The molecule has 1 aromatic heterocycles. The molecule has 2 heteroatoms. The molecular formula is C49H33NS. The second kappa shape index (κ2) is 12.3. The standard InChI is InChI=1S/C49H33NS/c1-2-10-33(11-3-1)34-20-26-38(27-21-34)50(39-28-22-35(23-29-39)41-15-8-17-44-42-13-5-4-12-37(42)32-47(41)44)40-30-24-36(25-31-40)43-16-9-18-46-45-14-6-7-19-48(45)51-49(43)46/h1-31H,32H2. The molecule has 1 nitrogen and oxygen atoms in total. The maximum Gasteiger partial charge on any atom is 0.0462 e. The smallest absolute Gasteiger partial charge is 0.0462 e. The van der Waals surface area contributed by atoms with E-state index in [-0.39, 0.29) is 0 Å². The summed E-state index contributed by atoms with van der Waals surface area (Å²) in [6.45, 7) is 0. The van der Waals surface area contributed by atoms with Gasteiger partial charge < -0.3 is 4.90 Å². The Labute approximate surface area is 302 Å². The van der Waals surface area contributed by atoms with Gasteiger partial charge in [0, 0.05) is 37.2 Å². The summed E-state index contributed by atoms with van der Waals surface area (Å²) in [7, 11) is 0. The fourth-order valence-corrected chi connectivity index (χ4v) is 9.10. The van der Waals surface area contributed by atoms with Crippen molar-refractivity contribution in [1.29, 1.82) is 0 Å². The molecule has 0 saturated heterocycles.